The number of hydrogen-bond donors (Lipinski definition) is 3. The Morgan fingerprint density at radius 2 is 1.67 bits per heavy atom. The summed E-state index contributed by atoms with van der Waals surface area (Å²) in [4.78, 5) is 61.0. The summed E-state index contributed by atoms with van der Waals surface area (Å²) in [5.41, 5.74) is 5.57. The van der Waals surface area contributed by atoms with Gasteiger partial charge in [-0.15, -0.1) is 0 Å². The first-order valence-electron chi connectivity index (χ1n) is 18.4. The molecule has 1 atom stereocenters. The maximum atomic E-state index is 14.1. The first kappa shape index (κ1) is 39.4. The molecule has 0 bridgehead atoms. The number of carbonyl (C=O) groups excluding carboxylic acids is 3. The van der Waals surface area contributed by atoms with Gasteiger partial charge < -0.3 is 35.6 Å². The number of benzene rings is 2. The Kier molecular flexibility index (Phi) is 11.8. The molecule has 2 aromatic carbocycles. The van der Waals surface area contributed by atoms with Crippen LogP contribution in [0.4, 0.5) is 34.1 Å². The zero-order valence-corrected chi connectivity index (χ0v) is 31.0. The van der Waals surface area contributed by atoms with Crippen LogP contribution in [0.15, 0.2) is 36.4 Å². The number of para-hydroxylation sites is 1. The number of nitrogen functional groups attached to an aromatic ring is 1. The number of alkyl halides is 3. The fourth-order valence-electron chi connectivity index (χ4n) is 8.08. The van der Waals surface area contributed by atoms with Crippen molar-refractivity contribution in [3.63, 3.8) is 0 Å². The van der Waals surface area contributed by atoms with Crippen LogP contribution in [0.3, 0.4) is 0 Å². The van der Waals surface area contributed by atoms with Crippen molar-refractivity contribution < 1.29 is 42.2 Å². The number of urea groups is 1. The summed E-state index contributed by atoms with van der Waals surface area (Å²) in [7, 11) is 0. The molecule has 4 aliphatic heterocycles. The molecule has 4 amide bonds. The average molecular weight is 778 g/mol. The van der Waals surface area contributed by atoms with Crippen molar-refractivity contribution in [3.05, 3.63) is 58.1 Å². The minimum atomic E-state index is -4.80. The third kappa shape index (κ3) is 8.98. The summed E-state index contributed by atoms with van der Waals surface area (Å²) < 4.78 is 47.4. The van der Waals surface area contributed by atoms with Gasteiger partial charge in [0.2, 0.25) is 0 Å². The minimum absolute atomic E-state index is 0.00892. The number of nitrogens with one attached hydrogen (secondary N) is 1. The number of carboxylic acid groups (broad SMARTS) is 1. The van der Waals surface area contributed by atoms with Gasteiger partial charge in [-0.1, -0.05) is 29.8 Å². The third-order valence-electron chi connectivity index (χ3n) is 11.4. The molecule has 4 heterocycles. The zero-order valence-electron chi connectivity index (χ0n) is 30.2. The molecule has 0 spiro atoms. The number of piperazine rings is 1. The van der Waals surface area contributed by atoms with Crippen molar-refractivity contribution in [2.45, 2.75) is 69.3 Å². The Morgan fingerprint density at radius 3 is 2.31 bits per heavy atom. The number of likely N-dealkylation sites (tertiary alicyclic amines) is 2. The standard InChI is InChI=1S/C37H47ClF3N7O6/c1-36(9-14-44(15-10-36)23-31(49)50)47-18-16-45(17-19-47)33(51)30(22-24-20-27(37(39,40)41)32(42)28(38)21-24)54-35(53)46-11-7-26(8-12-46)48-13-6-25-4-2-3-5-29(25)43-34(48)52/h2-5,20-21,26,30H,6-19,22-23,42H2,1H3,(H,43,52)(H,49,50)/t30-/m1/s1. The van der Waals surface area contributed by atoms with Crippen LogP contribution in [0.2, 0.25) is 5.02 Å². The fourth-order valence-corrected chi connectivity index (χ4v) is 8.33. The number of nitrogens with two attached hydrogens (primary N) is 1. The molecule has 0 aromatic heterocycles. The smallest absolute Gasteiger partial charge is 0.418 e. The molecule has 2 aromatic rings. The van der Waals surface area contributed by atoms with Gasteiger partial charge in [0, 0.05) is 82.6 Å². The van der Waals surface area contributed by atoms with E-state index in [0.717, 1.165) is 30.2 Å². The normalized spacial score (nSPS) is 20.8. The molecule has 294 valence electrons. The largest absolute Gasteiger partial charge is 0.480 e. The quantitative estimate of drug-likeness (QED) is 0.326. The highest BCUT2D eigenvalue weighted by Crippen LogP contribution is 2.38. The molecule has 0 unspecified atom stereocenters. The highest BCUT2D eigenvalue weighted by Gasteiger charge is 2.41. The van der Waals surface area contributed by atoms with Crippen LogP contribution >= 0.6 is 11.6 Å². The summed E-state index contributed by atoms with van der Waals surface area (Å²) >= 11 is 6.12. The van der Waals surface area contributed by atoms with Gasteiger partial charge in [-0.2, -0.15) is 13.2 Å². The van der Waals surface area contributed by atoms with Crippen molar-refractivity contribution in [3.8, 4) is 0 Å². The molecule has 0 aliphatic carbocycles. The lowest BCUT2D eigenvalue weighted by molar-refractivity contribution is -0.144. The van der Waals surface area contributed by atoms with Crippen LogP contribution in [-0.4, -0.2) is 137 Å². The van der Waals surface area contributed by atoms with E-state index in [1.807, 2.05) is 29.2 Å². The van der Waals surface area contributed by atoms with Gasteiger partial charge in [-0.05, 0) is 68.4 Å². The Bertz CT molecular complexity index is 1720. The van der Waals surface area contributed by atoms with E-state index in [-0.39, 0.29) is 54.3 Å². The highest BCUT2D eigenvalue weighted by molar-refractivity contribution is 6.33. The number of fused-ring (bicyclic) bond motifs is 1. The molecule has 4 aliphatic rings. The molecular formula is C37H47ClF3N7O6. The second-order valence-corrected chi connectivity index (χ2v) is 15.2. The van der Waals surface area contributed by atoms with E-state index in [1.54, 1.807) is 9.80 Å². The van der Waals surface area contributed by atoms with Gasteiger partial charge in [0.05, 0.1) is 22.8 Å². The van der Waals surface area contributed by atoms with Crippen molar-refractivity contribution in [2.75, 3.05) is 76.5 Å². The molecule has 0 saturated carbocycles. The first-order valence-corrected chi connectivity index (χ1v) is 18.7. The number of hydrogen-bond acceptors (Lipinski definition) is 8. The van der Waals surface area contributed by atoms with Crippen LogP contribution in [-0.2, 0) is 33.3 Å². The lowest BCUT2D eigenvalue weighted by Gasteiger charge is -2.49. The van der Waals surface area contributed by atoms with Crippen molar-refractivity contribution in [2.24, 2.45) is 0 Å². The molecular weight excluding hydrogens is 731 g/mol. The fraction of sp³-hybridized carbons (Fsp3) is 0.568. The number of ether oxygens (including phenoxy) is 1. The molecule has 6 rings (SSSR count). The van der Waals surface area contributed by atoms with Crippen LogP contribution in [0, 0.1) is 0 Å². The van der Waals surface area contributed by atoms with E-state index in [4.69, 9.17) is 27.2 Å². The van der Waals surface area contributed by atoms with E-state index in [2.05, 4.69) is 17.1 Å². The summed E-state index contributed by atoms with van der Waals surface area (Å²) in [6.45, 7) is 6.11. The van der Waals surface area contributed by atoms with Crippen molar-refractivity contribution >= 4 is 47.0 Å². The number of piperidine rings is 2. The topological polar surface area (TPSA) is 152 Å². The Morgan fingerprint density at radius 1 is 1.00 bits per heavy atom. The number of aliphatic carboxylic acids is 1. The minimum Gasteiger partial charge on any atom is -0.480 e. The predicted molar refractivity (Wildman–Crippen MR) is 195 cm³/mol. The second kappa shape index (κ2) is 16.2. The summed E-state index contributed by atoms with van der Waals surface area (Å²) in [6.07, 6.45) is -4.18. The third-order valence-corrected chi connectivity index (χ3v) is 11.7. The van der Waals surface area contributed by atoms with Crippen LogP contribution in [0.1, 0.15) is 49.3 Å². The average Bonchev–Trinajstić information content (AvgIpc) is 3.31. The van der Waals surface area contributed by atoms with Gasteiger partial charge in [0.1, 0.15) is 0 Å². The monoisotopic (exact) mass is 777 g/mol. The zero-order chi connectivity index (χ0) is 38.8. The van der Waals surface area contributed by atoms with Gasteiger partial charge >= 0.3 is 24.3 Å². The van der Waals surface area contributed by atoms with E-state index in [0.29, 0.717) is 65.1 Å². The first-order chi connectivity index (χ1) is 25.6. The predicted octanol–water partition coefficient (Wildman–Crippen LogP) is 4.63. The number of carbonyl (C=O) groups is 4. The highest BCUT2D eigenvalue weighted by atomic mass is 35.5. The van der Waals surface area contributed by atoms with Gasteiger partial charge in [0.15, 0.2) is 6.10 Å². The number of rotatable bonds is 8. The molecule has 4 N–H and O–H groups in total. The van der Waals surface area contributed by atoms with Crippen LogP contribution in [0.25, 0.3) is 0 Å². The molecule has 0 radical (unpaired) electrons. The number of halogens is 4. The molecule has 13 nitrogen and oxygen atoms in total. The summed E-state index contributed by atoms with van der Waals surface area (Å²) in [5, 5.41) is 11.8. The molecule has 54 heavy (non-hydrogen) atoms. The van der Waals surface area contributed by atoms with Crippen molar-refractivity contribution in [1.29, 1.82) is 0 Å². The number of anilines is 2. The Hall–Kier alpha value is -4.28. The summed E-state index contributed by atoms with van der Waals surface area (Å²) in [6, 6.07) is 9.40. The van der Waals surface area contributed by atoms with Crippen molar-refractivity contribution in [1.82, 2.24) is 24.5 Å². The van der Waals surface area contributed by atoms with E-state index < -0.39 is 41.5 Å². The number of nitrogens with zero attached hydrogens (tertiary/aromatic N) is 5. The Balaban J connectivity index is 1.11. The van der Waals surface area contributed by atoms with E-state index in [1.165, 1.54) is 11.0 Å². The molecule has 3 fully saturated rings. The summed E-state index contributed by atoms with van der Waals surface area (Å²) in [5.74, 6) is -1.39. The molecule has 17 heteroatoms. The lowest BCUT2D eigenvalue weighted by Crippen LogP contribution is -2.61. The number of amides is 4. The van der Waals surface area contributed by atoms with Gasteiger partial charge in [-0.3, -0.25) is 19.4 Å². The van der Waals surface area contributed by atoms with Crippen LogP contribution in [0.5, 0.6) is 0 Å². The number of carboxylic acids is 1. The van der Waals surface area contributed by atoms with E-state index in [9.17, 15) is 32.3 Å². The van der Waals surface area contributed by atoms with E-state index >= 15 is 0 Å². The van der Waals surface area contributed by atoms with Gasteiger partial charge in [0.25, 0.3) is 5.91 Å². The van der Waals surface area contributed by atoms with Gasteiger partial charge in [-0.25, -0.2) is 9.59 Å². The van der Waals surface area contributed by atoms with Crippen LogP contribution < -0.4 is 11.1 Å². The SMILES string of the molecule is CC1(N2CCN(C(=O)[C@@H](Cc3cc(Cl)c(N)c(C(F)(F)F)c3)OC(=O)N3CCC(N4CCc5ccccc5NC4=O)CC3)CC2)CCN(CC(=O)O)CC1. The maximum Gasteiger partial charge on any atom is 0.418 e. The second-order valence-electron chi connectivity index (χ2n) is 14.8. The lowest BCUT2D eigenvalue weighted by atomic mass is 9.87. The Labute approximate surface area is 317 Å². The molecule has 3 saturated heterocycles. The maximum absolute atomic E-state index is 14.1.